The van der Waals surface area contributed by atoms with Crippen molar-refractivity contribution in [2.24, 2.45) is 0 Å². The van der Waals surface area contributed by atoms with Gasteiger partial charge in [0.1, 0.15) is 5.02 Å². The maximum absolute atomic E-state index is 10.9. The van der Waals surface area contributed by atoms with Gasteiger partial charge < -0.3 is 5.32 Å². The lowest BCUT2D eigenvalue weighted by molar-refractivity contribution is -0.384. The molecule has 0 spiro atoms. The van der Waals surface area contributed by atoms with Crippen molar-refractivity contribution in [3.63, 3.8) is 0 Å². The molecule has 0 bridgehead atoms. The molecule has 1 aliphatic rings. The molecule has 0 radical (unpaired) electrons. The third kappa shape index (κ3) is 2.98. The highest BCUT2D eigenvalue weighted by molar-refractivity contribution is 7.92. The molecule has 1 aromatic carbocycles. The van der Waals surface area contributed by atoms with Crippen molar-refractivity contribution in [3.8, 4) is 0 Å². The molecule has 98 valence electrons. The van der Waals surface area contributed by atoms with Gasteiger partial charge in [0.2, 0.25) is 0 Å². The van der Waals surface area contributed by atoms with Crippen LogP contribution in [0.4, 0.5) is 5.69 Å². The summed E-state index contributed by atoms with van der Waals surface area (Å²) in [6, 6.07) is 4.47. The Kier molecular flexibility index (Phi) is 3.56. The summed E-state index contributed by atoms with van der Waals surface area (Å²) in [4.78, 5) is 10.1. The minimum Gasteiger partial charge on any atom is -0.308 e. The Labute approximate surface area is 109 Å². The highest BCUT2D eigenvalue weighted by Crippen LogP contribution is 2.25. The minimum absolute atomic E-state index is 0.0651. The summed E-state index contributed by atoms with van der Waals surface area (Å²) < 4.78 is 21.9. The maximum atomic E-state index is 10.9. The molecule has 6 nitrogen and oxygen atoms in total. The normalized spacial score (nSPS) is 18.3. The molecule has 1 N–H and O–H groups in total. The van der Waals surface area contributed by atoms with Crippen molar-refractivity contribution in [1.82, 2.24) is 5.32 Å². The van der Waals surface area contributed by atoms with E-state index in [0.717, 1.165) is 0 Å². The smallest absolute Gasteiger partial charge is 0.288 e. The number of nitrogens with one attached hydrogen (secondary N) is 1. The molecular weight excluding hydrogens is 280 g/mol. The molecule has 8 heteroatoms. The first-order valence-corrected chi connectivity index (χ1v) is 7.44. The van der Waals surface area contributed by atoms with Crippen LogP contribution in [0.1, 0.15) is 5.56 Å². The van der Waals surface area contributed by atoms with Gasteiger partial charge in [-0.2, -0.15) is 0 Å². The van der Waals surface area contributed by atoms with Crippen LogP contribution in [0.3, 0.4) is 0 Å². The summed E-state index contributed by atoms with van der Waals surface area (Å²) in [5, 5.41) is 13.8. The predicted octanol–water partition coefficient (Wildman–Crippen LogP) is 1.13. The predicted molar refractivity (Wildman–Crippen MR) is 67.4 cm³/mol. The van der Waals surface area contributed by atoms with Gasteiger partial charge in [0.25, 0.3) is 5.69 Å². The van der Waals surface area contributed by atoms with Gasteiger partial charge in [-0.15, -0.1) is 0 Å². The average Bonchev–Trinajstić information content (AvgIpc) is 2.24. The van der Waals surface area contributed by atoms with Gasteiger partial charge in [0.05, 0.1) is 16.4 Å². The molecule has 2 rings (SSSR count). The standard InChI is InChI=1S/C10H11ClN2O4S/c11-9-2-1-7(3-10(9)13(14)15)4-12-8-5-18(16,17)6-8/h1-3,8,12H,4-6H2. The Morgan fingerprint density at radius 1 is 1.44 bits per heavy atom. The van der Waals surface area contributed by atoms with Crippen molar-refractivity contribution in [3.05, 3.63) is 38.9 Å². The molecule has 0 unspecified atom stereocenters. The molecule has 0 amide bonds. The van der Waals surface area contributed by atoms with E-state index in [1.807, 2.05) is 0 Å². The van der Waals surface area contributed by atoms with E-state index in [2.05, 4.69) is 5.32 Å². The van der Waals surface area contributed by atoms with Gasteiger partial charge in [0.15, 0.2) is 9.84 Å². The number of nitrogens with zero attached hydrogens (tertiary/aromatic N) is 1. The summed E-state index contributed by atoms with van der Waals surface area (Å²) in [6.45, 7) is 0.387. The quantitative estimate of drug-likeness (QED) is 0.663. The fourth-order valence-corrected chi connectivity index (χ4v) is 3.30. The lowest BCUT2D eigenvalue weighted by atomic mass is 10.2. The first kappa shape index (κ1) is 13.3. The molecular formula is C10H11ClN2O4S. The van der Waals surface area contributed by atoms with Crippen LogP contribution in [0.25, 0.3) is 0 Å². The molecule has 0 saturated carbocycles. The maximum Gasteiger partial charge on any atom is 0.288 e. The molecule has 1 aromatic rings. The summed E-state index contributed by atoms with van der Waals surface area (Å²) in [5.41, 5.74) is 0.563. The average molecular weight is 291 g/mol. The van der Waals surface area contributed by atoms with E-state index in [1.54, 1.807) is 6.07 Å². The number of rotatable bonds is 4. The number of hydrogen-bond donors (Lipinski definition) is 1. The number of benzene rings is 1. The molecule has 0 aromatic heterocycles. The van der Waals surface area contributed by atoms with E-state index in [-0.39, 0.29) is 28.3 Å². The van der Waals surface area contributed by atoms with Crippen molar-refractivity contribution >= 4 is 27.1 Å². The van der Waals surface area contributed by atoms with Crippen LogP contribution in [-0.4, -0.2) is 30.9 Å². The topological polar surface area (TPSA) is 89.3 Å². The fourth-order valence-electron chi connectivity index (χ4n) is 1.75. The summed E-state index contributed by atoms with van der Waals surface area (Å²) in [6.07, 6.45) is 0. The summed E-state index contributed by atoms with van der Waals surface area (Å²) in [5.74, 6) is 0.255. The highest BCUT2D eigenvalue weighted by Gasteiger charge is 2.32. The largest absolute Gasteiger partial charge is 0.308 e. The van der Waals surface area contributed by atoms with E-state index in [9.17, 15) is 18.5 Å². The van der Waals surface area contributed by atoms with Crippen LogP contribution in [-0.2, 0) is 16.4 Å². The second-order valence-electron chi connectivity index (χ2n) is 4.20. The fraction of sp³-hybridized carbons (Fsp3) is 0.400. The third-order valence-electron chi connectivity index (χ3n) is 2.71. The first-order chi connectivity index (χ1) is 8.37. The first-order valence-electron chi connectivity index (χ1n) is 5.24. The van der Waals surface area contributed by atoms with Crippen LogP contribution in [0.2, 0.25) is 5.02 Å². The number of sulfone groups is 1. The van der Waals surface area contributed by atoms with Gasteiger partial charge in [-0.1, -0.05) is 17.7 Å². The number of nitro benzene ring substituents is 1. The Balaban J connectivity index is 1.98. The lowest BCUT2D eigenvalue weighted by Gasteiger charge is -2.26. The zero-order valence-electron chi connectivity index (χ0n) is 9.30. The number of nitro groups is 1. The van der Waals surface area contributed by atoms with Crippen molar-refractivity contribution in [1.29, 1.82) is 0 Å². The minimum atomic E-state index is -2.86. The van der Waals surface area contributed by atoms with E-state index in [4.69, 9.17) is 11.6 Å². The molecule has 18 heavy (non-hydrogen) atoms. The van der Waals surface area contributed by atoms with E-state index < -0.39 is 14.8 Å². The Morgan fingerprint density at radius 3 is 2.67 bits per heavy atom. The zero-order valence-corrected chi connectivity index (χ0v) is 10.9. The number of hydrogen-bond acceptors (Lipinski definition) is 5. The van der Waals surface area contributed by atoms with E-state index in [1.165, 1.54) is 12.1 Å². The highest BCUT2D eigenvalue weighted by atomic mass is 35.5. The van der Waals surface area contributed by atoms with Gasteiger partial charge in [-0.3, -0.25) is 10.1 Å². The van der Waals surface area contributed by atoms with Crippen LogP contribution >= 0.6 is 11.6 Å². The van der Waals surface area contributed by atoms with Gasteiger partial charge in [-0.05, 0) is 11.6 Å². The molecule has 0 aliphatic carbocycles. The molecule has 1 fully saturated rings. The molecule has 0 atom stereocenters. The van der Waals surface area contributed by atoms with Gasteiger partial charge in [-0.25, -0.2) is 8.42 Å². The van der Waals surface area contributed by atoms with Crippen LogP contribution in [0.5, 0.6) is 0 Å². The van der Waals surface area contributed by atoms with Crippen molar-refractivity contribution in [2.75, 3.05) is 11.5 Å². The van der Waals surface area contributed by atoms with Crippen LogP contribution in [0.15, 0.2) is 18.2 Å². The third-order valence-corrected chi connectivity index (χ3v) is 4.85. The Bertz CT molecular complexity index is 576. The Morgan fingerprint density at radius 2 is 2.11 bits per heavy atom. The SMILES string of the molecule is O=[N+]([O-])c1cc(CNC2CS(=O)(=O)C2)ccc1Cl. The lowest BCUT2D eigenvalue weighted by Crippen LogP contribution is -2.50. The second kappa shape index (κ2) is 4.83. The van der Waals surface area contributed by atoms with Crippen molar-refractivity contribution < 1.29 is 13.3 Å². The van der Waals surface area contributed by atoms with Gasteiger partial charge >= 0.3 is 0 Å². The molecule has 1 heterocycles. The van der Waals surface area contributed by atoms with Gasteiger partial charge in [0, 0.05) is 18.7 Å². The monoisotopic (exact) mass is 290 g/mol. The van der Waals surface area contributed by atoms with E-state index in [0.29, 0.717) is 12.1 Å². The van der Waals surface area contributed by atoms with E-state index >= 15 is 0 Å². The van der Waals surface area contributed by atoms with Crippen LogP contribution in [0, 0.1) is 10.1 Å². The molecule has 1 saturated heterocycles. The summed E-state index contributed by atoms with van der Waals surface area (Å²) in [7, 11) is -2.86. The summed E-state index contributed by atoms with van der Waals surface area (Å²) >= 11 is 5.69. The van der Waals surface area contributed by atoms with Crippen LogP contribution < -0.4 is 5.32 Å². The second-order valence-corrected chi connectivity index (χ2v) is 6.76. The number of halogens is 1. The zero-order chi connectivity index (χ0) is 13.3. The molecule has 1 aliphatic heterocycles. The van der Waals surface area contributed by atoms with Crippen molar-refractivity contribution in [2.45, 2.75) is 12.6 Å². The Hall–Kier alpha value is -1.18.